The molecule has 3 N–H and O–H groups in total. The minimum atomic E-state index is -0.0865. The molecule has 2 bridgehead atoms. The number of nitrogen functional groups attached to an aromatic ring is 1. The number of hydrogen-bond donors (Lipinski definition) is 2. The molecule has 10 heteroatoms. The van der Waals surface area contributed by atoms with Crippen LogP contribution in [-0.2, 0) is 9.53 Å². The smallest absolute Gasteiger partial charge is 0.309 e. The maximum absolute atomic E-state index is 12.1. The number of nitrogens with zero attached hydrogens (tertiary/aromatic N) is 6. The number of para-hydroxylation sites is 1. The average Bonchev–Trinajstić information content (AvgIpc) is 3.34. The van der Waals surface area contributed by atoms with Crippen molar-refractivity contribution in [3.8, 4) is 28.1 Å². The molecule has 1 aliphatic carbocycles. The zero-order valence-corrected chi connectivity index (χ0v) is 25.3. The summed E-state index contributed by atoms with van der Waals surface area (Å²) in [5.74, 6) is 1.18. The van der Waals surface area contributed by atoms with E-state index in [4.69, 9.17) is 20.4 Å². The number of anilines is 3. The van der Waals surface area contributed by atoms with Crippen LogP contribution in [-0.4, -0.2) is 63.0 Å². The third-order valence-corrected chi connectivity index (χ3v) is 9.29. The van der Waals surface area contributed by atoms with Gasteiger partial charge in [-0.05, 0) is 73.9 Å². The van der Waals surface area contributed by atoms with Crippen LogP contribution in [0.3, 0.4) is 0 Å². The highest BCUT2D eigenvalue weighted by atomic mass is 16.5. The van der Waals surface area contributed by atoms with Crippen molar-refractivity contribution in [2.24, 2.45) is 5.92 Å². The van der Waals surface area contributed by atoms with E-state index in [0.29, 0.717) is 23.7 Å². The Morgan fingerprint density at radius 2 is 1.67 bits per heavy atom. The third kappa shape index (κ3) is 5.68. The second-order valence-electron chi connectivity index (χ2n) is 12.0. The van der Waals surface area contributed by atoms with E-state index < -0.39 is 0 Å². The average molecular weight is 604 g/mol. The molecule has 4 heterocycles. The molecule has 10 nitrogen and oxygen atoms in total. The number of phenols is 1. The number of carbonyl (C=O) groups is 1. The van der Waals surface area contributed by atoms with Crippen molar-refractivity contribution in [2.75, 3.05) is 35.2 Å². The lowest BCUT2D eigenvalue weighted by Crippen LogP contribution is -2.54. The van der Waals surface area contributed by atoms with Crippen LogP contribution < -0.4 is 15.5 Å². The number of benzene rings is 2. The number of piperazine rings is 1. The topological polar surface area (TPSA) is 131 Å². The molecule has 2 fully saturated rings. The number of allylic oxidation sites excluding steroid dienone is 2. The van der Waals surface area contributed by atoms with Crippen LogP contribution in [0.2, 0.25) is 0 Å². The minimum absolute atomic E-state index is 0.0319. The van der Waals surface area contributed by atoms with Crippen LogP contribution in [0.1, 0.15) is 44.6 Å². The lowest BCUT2D eigenvalue weighted by atomic mass is 9.86. The predicted octanol–water partition coefficient (Wildman–Crippen LogP) is 5.49. The maximum Gasteiger partial charge on any atom is 0.309 e. The van der Waals surface area contributed by atoms with Crippen molar-refractivity contribution in [1.82, 2.24) is 20.2 Å². The predicted molar refractivity (Wildman–Crippen MR) is 174 cm³/mol. The van der Waals surface area contributed by atoms with E-state index >= 15 is 0 Å². The van der Waals surface area contributed by atoms with Crippen molar-refractivity contribution < 1.29 is 14.6 Å². The van der Waals surface area contributed by atoms with Crippen molar-refractivity contribution in [3.05, 3.63) is 78.6 Å². The van der Waals surface area contributed by atoms with Crippen LogP contribution in [0.5, 0.6) is 5.75 Å². The standard InChI is InChI=1S/C35H37N7O3/c1-2-45-34(44)25-13-11-23(12-14-25)22-7-9-24(10-8-22)26-18-37-35(38-19-26)42-27-15-16-28(42)21-41(20-27)31-17-30(39-40-33(31)36)29-5-3-4-6-32(29)43/h3-11,17-19,25,27-28,43H,2,12-16,20-21H2,1H3,(H2,36,40). The number of fused-ring (bicyclic) bond motifs is 2. The monoisotopic (exact) mass is 603 g/mol. The summed E-state index contributed by atoms with van der Waals surface area (Å²) in [6.45, 7) is 3.83. The van der Waals surface area contributed by atoms with Gasteiger partial charge in [0.2, 0.25) is 5.95 Å². The maximum atomic E-state index is 12.1. The van der Waals surface area contributed by atoms with Crippen LogP contribution in [0.4, 0.5) is 17.5 Å². The SMILES string of the molecule is CCOC(=O)C1CC=C(c2ccc(-c3cnc(N4C5CCC4CN(c4cc(-c6ccccc6O)nnc4N)C5)nc3)cc2)CC1. The summed E-state index contributed by atoms with van der Waals surface area (Å²) >= 11 is 0. The van der Waals surface area contributed by atoms with Crippen LogP contribution in [0, 0.1) is 5.92 Å². The zero-order valence-electron chi connectivity index (χ0n) is 25.3. The molecule has 0 radical (unpaired) electrons. The number of carbonyl (C=O) groups excluding carboxylic acids is 1. The summed E-state index contributed by atoms with van der Waals surface area (Å²) in [6.07, 6.45) is 10.5. The molecule has 7 rings (SSSR count). The molecule has 3 unspecified atom stereocenters. The fraction of sp³-hybridized carbons (Fsp3) is 0.343. The Labute approximate surface area is 262 Å². The molecule has 0 amide bonds. The number of aromatic hydroxyl groups is 1. The highest BCUT2D eigenvalue weighted by Gasteiger charge is 2.42. The highest BCUT2D eigenvalue weighted by molar-refractivity contribution is 5.77. The van der Waals surface area contributed by atoms with Crippen LogP contribution in [0.25, 0.3) is 28.0 Å². The minimum Gasteiger partial charge on any atom is -0.507 e. The molecule has 0 saturated carbocycles. The Bertz CT molecular complexity index is 1710. The molecule has 3 atom stereocenters. The summed E-state index contributed by atoms with van der Waals surface area (Å²) in [5, 5.41) is 18.8. The molecule has 3 aliphatic rings. The number of phenolic OH excluding ortho intramolecular Hbond substituents is 1. The van der Waals surface area contributed by atoms with Gasteiger partial charge < -0.3 is 25.4 Å². The summed E-state index contributed by atoms with van der Waals surface area (Å²) < 4.78 is 5.20. The van der Waals surface area contributed by atoms with E-state index in [1.165, 1.54) is 11.1 Å². The van der Waals surface area contributed by atoms with Gasteiger partial charge in [0.1, 0.15) is 5.75 Å². The van der Waals surface area contributed by atoms with Gasteiger partial charge in [-0.25, -0.2) is 9.97 Å². The highest BCUT2D eigenvalue weighted by Crippen LogP contribution is 2.38. The summed E-state index contributed by atoms with van der Waals surface area (Å²) in [4.78, 5) is 26.3. The summed E-state index contributed by atoms with van der Waals surface area (Å²) in [6, 6.07) is 18.1. The fourth-order valence-electron chi connectivity index (χ4n) is 6.94. The molecule has 230 valence electrons. The number of aromatic nitrogens is 4. The van der Waals surface area contributed by atoms with Gasteiger partial charge in [-0.1, -0.05) is 42.5 Å². The lowest BCUT2D eigenvalue weighted by molar-refractivity contribution is -0.148. The van der Waals surface area contributed by atoms with Gasteiger partial charge >= 0.3 is 5.97 Å². The van der Waals surface area contributed by atoms with Crippen molar-refractivity contribution in [3.63, 3.8) is 0 Å². The van der Waals surface area contributed by atoms with Gasteiger partial charge in [0.05, 0.1) is 23.9 Å². The molecule has 45 heavy (non-hydrogen) atoms. The Balaban J connectivity index is 1.03. The van der Waals surface area contributed by atoms with Gasteiger partial charge in [-0.3, -0.25) is 4.79 Å². The first-order valence-electron chi connectivity index (χ1n) is 15.7. The van der Waals surface area contributed by atoms with E-state index in [1.54, 1.807) is 12.1 Å². The largest absolute Gasteiger partial charge is 0.507 e. The first kappa shape index (κ1) is 28.8. The van der Waals surface area contributed by atoms with E-state index in [2.05, 4.69) is 50.3 Å². The molecule has 2 saturated heterocycles. The zero-order chi connectivity index (χ0) is 30.9. The second kappa shape index (κ2) is 12.2. The molecule has 4 aromatic rings. The van der Waals surface area contributed by atoms with Gasteiger partial charge in [0.15, 0.2) is 5.82 Å². The summed E-state index contributed by atoms with van der Waals surface area (Å²) in [5.41, 5.74) is 12.9. The molecular formula is C35H37N7O3. The normalized spacial score (nSPS) is 21.0. The molecule has 2 aliphatic heterocycles. The van der Waals surface area contributed by atoms with Crippen LogP contribution >= 0.6 is 0 Å². The Morgan fingerprint density at radius 3 is 2.33 bits per heavy atom. The number of hydrogen-bond acceptors (Lipinski definition) is 10. The fourth-order valence-corrected chi connectivity index (χ4v) is 6.94. The number of rotatable bonds is 7. The molecule has 2 aromatic carbocycles. The van der Waals surface area contributed by atoms with Gasteiger partial charge in [0.25, 0.3) is 0 Å². The van der Waals surface area contributed by atoms with Crippen molar-refractivity contribution in [2.45, 2.75) is 51.1 Å². The molecular weight excluding hydrogens is 566 g/mol. The van der Waals surface area contributed by atoms with Gasteiger partial charge in [-0.15, -0.1) is 10.2 Å². The number of esters is 1. The Kier molecular flexibility index (Phi) is 7.79. The van der Waals surface area contributed by atoms with Gasteiger partial charge in [0, 0.05) is 48.7 Å². The Morgan fingerprint density at radius 1 is 0.956 bits per heavy atom. The first-order chi connectivity index (χ1) is 22.0. The molecule has 2 aromatic heterocycles. The van der Waals surface area contributed by atoms with Gasteiger partial charge in [-0.2, -0.15) is 0 Å². The van der Waals surface area contributed by atoms with Crippen molar-refractivity contribution in [1.29, 1.82) is 0 Å². The van der Waals surface area contributed by atoms with E-state index in [1.807, 2.05) is 37.5 Å². The quantitative estimate of drug-likeness (QED) is 0.261. The molecule has 0 spiro atoms. The van der Waals surface area contributed by atoms with Crippen LogP contribution in [0.15, 0.2) is 73.1 Å². The second-order valence-corrected chi connectivity index (χ2v) is 12.0. The summed E-state index contributed by atoms with van der Waals surface area (Å²) in [7, 11) is 0. The lowest BCUT2D eigenvalue weighted by Gasteiger charge is -2.42. The number of nitrogens with two attached hydrogens (primary N) is 1. The van der Waals surface area contributed by atoms with E-state index in [-0.39, 0.29) is 29.7 Å². The number of ether oxygens (including phenoxy) is 1. The Hall–Kier alpha value is -4.99. The van der Waals surface area contributed by atoms with Crippen molar-refractivity contribution >= 4 is 29.0 Å². The van der Waals surface area contributed by atoms with E-state index in [9.17, 15) is 9.90 Å². The third-order valence-electron chi connectivity index (χ3n) is 9.29. The van der Waals surface area contributed by atoms with E-state index in [0.717, 1.165) is 68.0 Å². The first-order valence-corrected chi connectivity index (χ1v) is 15.7.